The first-order valence-corrected chi connectivity index (χ1v) is 15.5. The second-order valence-electron chi connectivity index (χ2n) is 13.2. The lowest BCUT2D eigenvalue weighted by Gasteiger charge is -2.35. The molecule has 0 spiro atoms. The Kier molecular flexibility index (Phi) is 5.23. The van der Waals surface area contributed by atoms with Crippen LogP contribution in [0.2, 0.25) is 0 Å². The Hall–Kier alpha value is -5.42. The van der Waals surface area contributed by atoms with Gasteiger partial charge in [-0.2, -0.15) is 0 Å². The Morgan fingerprint density at radius 3 is 1.42 bits per heavy atom. The summed E-state index contributed by atoms with van der Waals surface area (Å²) in [4.78, 5) is 22.8. The van der Waals surface area contributed by atoms with Crippen molar-refractivity contribution >= 4 is 38.9 Å². The van der Waals surface area contributed by atoms with Crippen molar-refractivity contribution in [3.63, 3.8) is 0 Å². The van der Waals surface area contributed by atoms with E-state index in [9.17, 15) is 0 Å². The summed E-state index contributed by atoms with van der Waals surface area (Å²) >= 11 is 0. The number of hydrogen-bond donors (Lipinski definition) is 0. The second-order valence-corrected chi connectivity index (χ2v) is 13.2. The summed E-state index contributed by atoms with van der Waals surface area (Å²) in [6.45, 7) is 9.13. The number of para-hydroxylation sites is 1. The molecule has 0 bridgehead atoms. The Bertz CT molecular complexity index is 2180. The molecule has 0 atom stereocenters. The highest BCUT2D eigenvalue weighted by Crippen LogP contribution is 2.50. The maximum absolute atomic E-state index is 5.41. The lowest BCUT2D eigenvalue weighted by molar-refractivity contribution is 0.640. The van der Waals surface area contributed by atoms with Crippen molar-refractivity contribution in [3.05, 3.63) is 138 Å². The molecule has 0 aliphatic heterocycles. The number of rotatable bonds is 3. The predicted molar refractivity (Wildman–Crippen MR) is 182 cm³/mol. The molecule has 0 N–H and O–H groups in total. The molecule has 3 aromatic carbocycles. The van der Waals surface area contributed by atoms with Crippen molar-refractivity contribution in [2.24, 2.45) is 0 Å². The van der Waals surface area contributed by atoms with Gasteiger partial charge in [-0.15, -0.1) is 0 Å². The van der Waals surface area contributed by atoms with E-state index in [1.807, 2.05) is 18.5 Å². The topological polar surface area (TPSA) is 54.8 Å². The van der Waals surface area contributed by atoms with E-state index in [2.05, 4.69) is 130 Å². The number of hydrogen-bond acceptors (Lipinski definition) is 5. The summed E-state index contributed by atoms with van der Waals surface area (Å²) in [5.41, 5.74) is 9.15. The minimum Gasteiger partial charge on any atom is -0.279 e. The van der Waals surface area contributed by atoms with Crippen LogP contribution in [0.1, 0.15) is 49.9 Å². The van der Waals surface area contributed by atoms with Crippen LogP contribution in [0.3, 0.4) is 0 Å². The first-order valence-electron chi connectivity index (χ1n) is 15.5. The van der Waals surface area contributed by atoms with Crippen molar-refractivity contribution in [2.45, 2.75) is 38.5 Å². The average Bonchev–Trinajstić information content (AvgIpc) is 3.06. The van der Waals surface area contributed by atoms with E-state index in [1.165, 1.54) is 43.8 Å². The zero-order valence-electron chi connectivity index (χ0n) is 25.7. The lowest BCUT2D eigenvalue weighted by Crippen LogP contribution is -2.26. The molecule has 0 amide bonds. The molecule has 4 aromatic heterocycles. The van der Waals surface area contributed by atoms with Crippen LogP contribution in [0.25, 0.3) is 44.3 Å². The summed E-state index contributed by atoms with van der Waals surface area (Å²) in [6.07, 6.45) is 3.79. The van der Waals surface area contributed by atoms with Gasteiger partial charge in [-0.3, -0.25) is 14.9 Å². The van der Waals surface area contributed by atoms with Crippen LogP contribution in [0.15, 0.2) is 116 Å². The summed E-state index contributed by atoms with van der Waals surface area (Å²) in [7, 11) is 0. The van der Waals surface area contributed by atoms with Gasteiger partial charge >= 0.3 is 0 Å². The van der Waals surface area contributed by atoms with Gasteiger partial charge in [0, 0.05) is 39.7 Å². The third-order valence-corrected chi connectivity index (χ3v) is 9.96. The monoisotopic (exact) mass is 581 g/mol. The van der Waals surface area contributed by atoms with Gasteiger partial charge in [-0.1, -0.05) is 94.4 Å². The number of fused-ring (bicyclic) bond motifs is 4. The summed E-state index contributed by atoms with van der Waals surface area (Å²) in [5.74, 6) is 1.59. The highest BCUT2D eigenvalue weighted by atomic mass is 15.2. The maximum Gasteiger partial charge on any atom is 0.139 e. The predicted octanol–water partition coefficient (Wildman–Crippen LogP) is 9.66. The number of aromatic nitrogens is 4. The normalized spacial score (nSPS) is 15.0. The van der Waals surface area contributed by atoms with E-state index in [0.717, 1.165) is 40.1 Å². The molecule has 4 heterocycles. The van der Waals surface area contributed by atoms with Crippen molar-refractivity contribution in [2.75, 3.05) is 4.90 Å². The molecule has 0 saturated heterocycles. The average molecular weight is 582 g/mol. The second kappa shape index (κ2) is 9.05. The maximum atomic E-state index is 5.41. The number of anilines is 3. The highest BCUT2D eigenvalue weighted by molar-refractivity contribution is 6.02. The van der Waals surface area contributed by atoms with Crippen LogP contribution in [-0.4, -0.2) is 19.9 Å². The van der Waals surface area contributed by atoms with Crippen molar-refractivity contribution in [1.29, 1.82) is 0 Å². The number of benzene rings is 3. The minimum atomic E-state index is -0.221. The minimum absolute atomic E-state index is 0.221. The molecule has 9 rings (SSSR count). The highest BCUT2D eigenvalue weighted by Gasteiger charge is 2.37. The van der Waals surface area contributed by atoms with Gasteiger partial charge < -0.3 is 0 Å². The van der Waals surface area contributed by atoms with E-state index >= 15 is 0 Å². The third-order valence-electron chi connectivity index (χ3n) is 9.96. The lowest BCUT2D eigenvalue weighted by atomic mass is 9.71. The zero-order valence-corrected chi connectivity index (χ0v) is 25.7. The van der Waals surface area contributed by atoms with Gasteiger partial charge in [0.2, 0.25) is 0 Å². The molecule has 45 heavy (non-hydrogen) atoms. The van der Waals surface area contributed by atoms with Crippen LogP contribution < -0.4 is 4.90 Å². The molecule has 216 valence electrons. The van der Waals surface area contributed by atoms with Crippen LogP contribution in [0, 0.1) is 0 Å². The zero-order chi connectivity index (χ0) is 30.5. The Morgan fingerprint density at radius 2 is 0.933 bits per heavy atom. The Balaban J connectivity index is 1.29. The Labute approximate surface area is 262 Å². The van der Waals surface area contributed by atoms with Gasteiger partial charge in [0.15, 0.2) is 0 Å². The number of pyridine rings is 4. The molecule has 0 saturated carbocycles. The third kappa shape index (κ3) is 3.55. The summed E-state index contributed by atoms with van der Waals surface area (Å²) in [5, 5.41) is 4.73. The van der Waals surface area contributed by atoms with Crippen molar-refractivity contribution in [1.82, 2.24) is 19.9 Å². The molecule has 0 radical (unpaired) electrons. The fourth-order valence-corrected chi connectivity index (χ4v) is 7.63. The van der Waals surface area contributed by atoms with Gasteiger partial charge in [0.25, 0.3) is 0 Å². The van der Waals surface area contributed by atoms with Gasteiger partial charge in [-0.25, -0.2) is 9.97 Å². The largest absolute Gasteiger partial charge is 0.279 e. The molecular weight excluding hydrogens is 550 g/mol. The molecule has 5 heteroatoms. The first-order chi connectivity index (χ1) is 21.8. The summed E-state index contributed by atoms with van der Waals surface area (Å²) in [6, 6.07) is 36.3. The van der Waals surface area contributed by atoms with Crippen molar-refractivity contribution < 1.29 is 0 Å². The molecule has 0 fully saturated rings. The fourth-order valence-electron chi connectivity index (χ4n) is 7.63. The van der Waals surface area contributed by atoms with E-state index in [1.54, 1.807) is 0 Å². The van der Waals surface area contributed by atoms with E-state index < -0.39 is 0 Å². The van der Waals surface area contributed by atoms with Gasteiger partial charge in [0.1, 0.15) is 11.6 Å². The fraction of sp³-hybridized carbons (Fsp3) is 0.150. The standard InChI is InChI=1S/C40H31N5/c1-39(2)27-14-8-10-24-20-22-41-37(33(24)27)35-29(39)16-18-31(43-35)45(26-12-6-5-7-13-26)32-19-17-30-36(44-32)38-34-25(21-23-42-38)11-9-15-28(34)40(30,3)4/h5-23H,1-4H3. The van der Waals surface area contributed by atoms with Crippen LogP contribution in [-0.2, 0) is 10.8 Å². The Morgan fingerprint density at radius 1 is 0.444 bits per heavy atom. The quantitative estimate of drug-likeness (QED) is 0.208. The molecule has 2 aliphatic carbocycles. The van der Waals surface area contributed by atoms with Crippen LogP contribution in [0.5, 0.6) is 0 Å². The molecule has 5 nitrogen and oxygen atoms in total. The molecular formula is C40H31N5. The van der Waals surface area contributed by atoms with E-state index in [4.69, 9.17) is 19.9 Å². The molecule has 2 aliphatic rings. The van der Waals surface area contributed by atoms with Gasteiger partial charge in [-0.05, 0) is 69.4 Å². The number of nitrogens with zero attached hydrogens (tertiary/aromatic N) is 5. The smallest absolute Gasteiger partial charge is 0.139 e. The van der Waals surface area contributed by atoms with Crippen LogP contribution in [0.4, 0.5) is 17.3 Å². The van der Waals surface area contributed by atoms with Crippen molar-refractivity contribution in [3.8, 4) is 22.8 Å². The van der Waals surface area contributed by atoms with E-state index in [-0.39, 0.29) is 10.8 Å². The first kappa shape index (κ1) is 26.0. The van der Waals surface area contributed by atoms with Crippen LogP contribution >= 0.6 is 0 Å². The van der Waals surface area contributed by atoms with Gasteiger partial charge in [0.05, 0.1) is 22.8 Å². The summed E-state index contributed by atoms with van der Waals surface area (Å²) < 4.78 is 0. The molecule has 0 unspecified atom stereocenters. The van der Waals surface area contributed by atoms with E-state index in [0.29, 0.717) is 0 Å². The molecule has 7 aromatic rings. The SMILES string of the molecule is CC1(C)c2ccc(N(c3ccccc3)c3ccc4c(n3)-c3nccc5cccc(c35)C4(C)C)nc2-c2nccc3cccc1c23.